The molecule has 110 valence electrons. The molecule has 3 atom stereocenters. The lowest BCUT2D eigenvalue weighted by Crippen LogP contribution is -2.45. The van der Waals surface area contributed by atoms with Crippen molar-refractivity contribution in [3.8, 4) is 0 Å². The minimum Gasteiger partial charge on any atom is -0.393 e. The van der Waals surface area contributed by atoms with Crippen LogP contribution >= 0.6 is 0 Å². The fourth-order valence-electron chi connectivity index (χ4n) is 3.35. The van der Waals surface area contributed by atoms with Crippen LogP contribution in [0.3, 0.4) is 0 Å². The maximum absolute atomic E-state index is 13.0. The summed E-state index contributed by atoms with van der Waals surface area (Å²) in [7, 11) is -3.53. The van der Waals surface area contributed by atoms with Gasteiger partial charge in [0.1, 0.15) is 0 Å². The first kappa shape index (κ1) is 15.3. The van der Waals surface area contributed by atoms with E-state index in [1.807, 2.05) is 6.92 Å². The molecule has 1 N–H and O–H groups in total. The quantitative estimate of drug-likeness (QED) is 0.849. The van der Waals surface area contributed by atoms with Crippen LogP contribution in [-0.4, -0.2) is 24.4 Å². The summed E-state index contributed by atoms with van der Waals surface area (Å²) in [4.78, 5) is 0.315. The molecule has 3 nitrogen and oxygen atoms in total. The first-order chi connectivity index (χ1) is 9.49. The van der Waals surface area contributed by atoms with Crippen molar-refractivity contribution in [3.63, 3.8) is 0 Å². The second-order valence-electron chi connectivity index (χ2n) is 5.45. The summed E-state index contributed by atoms with van der Waals surface area (Å²) in [6, 6.07) is 8.49. The lowest BCUT2D eigenvalue weighted by molar-refractivity contribution is 0.0974. The standard InChI is InChI=1S/C16H22O3S/c1-3-15(17)14-11-8-12-16(14,4-2)20(18,19)13-9-6-5-7-10-13/h4-7,9-10,14-15,17H,2-3,8,11-12H2,1H3/t14-,15-,16+/m0/s1. The fraction of sp³-hybridized carbons (Fsp3) is 0.500. The van der Waals surface area contributed by atoms with E-state index in [0.29, 0.717) is 17.7 Å². The largest absolute Gasteiger partial charge is 0.393 e. The van der Waals surface area contributed by atoms with Crippen LogP contribution in [0.4, 0.5) is 0 Å². The van der Waals surface area contributed by atoms with E-state index < -0.39 is 20.7 Å². The molecule has 4 heteroatoms. The zero-order chi connectivity index (χ0) is 14.8. The van der Waals surface area contributed by atoms with Gasteiger partial charge in [0.25, 0.3) is 0 Å². The van der Waals surface area contributed by atoms with Gasteiger partial charge in [-0.2, -0.15) is 0 Å². The Morgan fingerprint density at radius 3 is 2.65 bits per heavy atom. The molecule has 0 aromatic heterocycles. The van der Waals surface area contributed by atoms with Crippen LogP contribution in [0.25, 0.3) is 0 Å². The van der Waals surface area contributed by atoms with Gasteiger partial charge in [-0.1, -0.05) is 37.6 Å². The fourth-order valence-corrected chi connectivity index (χ4v) is 5.61. The normalized spacial score (nSPS) is 28.2. The van der Waals surface area contributed by atoms with Crippen LogP contribution in [0, 0.1) is 5.92 Å². The molecule has 1 aliphatic carbocycles. The Kier molecular flexibility index (Phi) is 4.35. The van der Waals surface area contributed by atoms with Gasteiger partial charge in [0, 0.05) is 5.92 Å². The molecular weight excluding hydrogens is 272 g/mol. The molecule has 20 heavy (non-hydrogen) atoms. The highest BCUT2D eigenvalue weighted by Gasteiger charge is 2.53. The van der Waals surface area contributed by atoms with Gasteiger partial charge in [-0.3, -0.25) is 0 Å². The molecule has 1 aromatic rings. The minimum absolute atomic E-state index is 0.268. The molecule has 1 fully saturated rings. The van der Waals surface area contributed by atoms with E-state index >= 15 is 0 Å². The molecule has 0 heterocycles. The summed E-state index contributed by atoms with van der Waals surface area (Å²) in [5.41, 5.74) is 0. The Labute approximate surface area is 121 Å². The summed E-state index contributed by atoms with van der Waals surface area (Å²) in [6.45, 7) is 5.66. The van der Waals surface area contributed by atoms with Crippen molar-refractivity contribution in [2.75, 3.05) is 0 Å². The molecule has 2 rings (SSSR count). The van der Waals surface area contributed by atoms with Crippen molar-refractivity contribution >= 4 is 9.84 Å². The molecular formula is C16H22O3S. The maximum Gasteiger partial charge on any atom is 0.187 e. The third-order valence-corrected chi connectivity index (χ3v) is 7.06. The monoisotopic (exact) mass is 294 g/mol. The molecule has 0 saturated heterocycles. The van der Waals surface area contributed by atoms with Crippen molar-refractivity contribution in [1.29, 1.82) is 0 Å². The first-order valence-electron chi connectivity index (χ1n) is 7.11. The van der Waals surface area contributed by atoms with E-state index in [2.05, 4.69) is 6.58 Å². The minimum atomic E-state index is -3.53. The first-order valence-corrected chi connectivity index (χ1v) is 8.59. The number of aliphatic hydroxyl groups excluding tert-OH is 1. The van der Waals surface area contributed by atoms with Crippen molar-refractivity contribution in [1.82, 2.24) is 0 Å². The Hall–Kier alpha value is -1.13. The number of sulfone groups is 1. The number of benzene rings is 1. The molecule has 1 aromatic carbocycles. The highest BCUT2D eigenvalue weighted by molar-refractivity contribution is 7.93. The molecule has 0 aliphatic heterocycles. The van der Waals surface area contributed by atoms with Crippen molar-refractivity contribution in [2.45, 2.75) is 48.4 Å². The number of aliphatic hydroxyl groups is 1. The summed E-state index contributed by atoms with van der Waals surface area (Å²) >= 11 is 0. The molecule has 0 amide bonds. The van der Waals surface area contributed by atoms with Gasteiger partial charge in [-0.05, 0) is 31.4 Å². The average molecular weight is 294 g/mol. The maximum atomic E-state index is 13.0. The number of rotatable bonds is 5. The van der Waals surface area contributed by atoms with Crippen LogP contribution in [0.1, 0.15) is 32.6 Å². The van der Waals surface area contributed by atoms with Gasteiger partial charge in [0.05, 0.1) is 15.7 Å². The van der Waals surface area contributed by atoms with Gasteiger partial charge < -0.3 is 5.11 Å². The van der Waals surface area contributed by atoms with Gasteiger partial charge in [-0.15, -0.1) is 6.58 Å². The average Bonchev–Trinajstić information content (AvgIpc) is 2.93. The Morgan fingerprint density at radius 1 is 1.45 bits per heavy atom. The van der Waals surface area contributed by atoms with Gasteiger partial charge >= 0.3 is 0 Å². The third-order valence-electron chi connectivity index (χ3n) is 4.49. The molecule has 0 unspecified atom stereocenters. The summed E-state index contributed by atoms with van der Waals surface area (Å²) in [6.07, 6.45) is 3.58. The van der Waals surface area contributed by atoms with Crippen LogP contribution < -0.4 is 0 Å². The van der Waals surface area contributed by atoms with E-state index in [-0.39, 0.29) is 5.92 Å². The topological polar surface area (TPSA) is 54.4 Å². The van der Waals surface area contributed by atoms with Crippen LogP contribution in [0.5, 0.6) is 0 Å². The SMILES string of the molecule is C=C[C@@]1(S(=O)(=O)c2ccccc2)CCC[C@H]1[C@@H](O)CC. The number of hydrogen-bond donors (Lipinski definition) is 1. The molecule has 1 saturated carbocycles. The van der Waals surface area contributed by atoms with Crippen molar-refractivity contribution in [2.24, 2.45) is 5.92 Å². The van der Waals surface area contributed by atoms with E-state index in [4.69, 9.17) is 0 Å². The molecule has 0 radical (unpaired) electrons. The Balaban J connectivity index is 2.53. The lowest BCUT2D eigenvalue weighted by atomic mass is 9.88. The van der Waals surface area contributed by atoms with Crippen LogP contribution in [0.2, 0.25) is 0 Å². The van der Waals surface area contributed by atoms with Gasteiger partial charge in [-0.25, -0.2) is 8.42 Å². The molecule has 0 bridgehead atoms. The molecule has 0 spiro atoms. The van der Waals surface area contributed by atoms with E-state index in [1.165, 1.54) is 0 Å². The summed E-state index contributed by atoms with van der Waals surface area (Å²) in [5.74, 6) is -0.268. The highest BCUT2D eigenvalue weighted by atomic mass is 32.2. The van der Waals surface area contributed by atoms with E-state index in [1.54, 1.807) is 36.4 Å². The predicted molar refractivity (Wildman–Crippen MR) is 80.2 cm³/mol. The second-order valence-corrected chi connectivity index (χ2v) is 7.69. The third kappa shape index (κ3) is 2.21. The smallest absolute Gasteiger partial charge is 0.187 e. The zero-order valence-electron chi connectivity index (χ0n) is 11.8. The van der Waals surface area contributed by atoms with Crippen molar-refractivity contribution in [3.05, 3.63) is 43.0 Å². The van der Waals surface area contributed by atoms with Crippen LogP contribution in [-0.2, 0) is 9.84 Å². The Morgan fingerprint density at radius 2 is 2.10 bits per heavy atom. The highest BCUT2D eigenvalue weighted by Crippen LogP contribution is 2.47. The van der Waals surface area contributed by atoms with Gasteiger partial charge in [0.15, 0.2) is 9.84 Å². The van der Waals surface area contributed by atoms with E-state index in [0.717, 1.165) is 12.8 Å². The number of hydrogen-bond acceptors (Lipinski definition) is 3. The van der Waals surface area contributed by atoms with Crippen LogP contribution in [0.15, 0.2) is 47.9 Å². The van der Waals surface area contributed by atoms with Gasteiger partial charge in [0.2, 0.25) is 0 Å². The zero-order valence-corrected chi connectivity index (χ0v) is 12.6. The molecule has 1 aliphatic rings. The Bertz CT molecular complexity index is 565. The summed E-state index contributed by atoms with van der Waals surface area (Å²) in [5, 5.41) is 10.2. The summed E-state index contributed by atoms with van der Waals surface area (Å²) < 4.78 is 25.0. The second kappa shape index (κ2) is 5.70. The lowest BCUT2D eigenvalue weighted by Gasteiger charge is -2.34. The predicted octanol–water partition coefficient (Wildman–Crippen LogP) is 2.96. The van der Waals surface area contributed by atoms with Crippen molar-refractivity contribution < 1.29 is 13.5 Å². The van der Waals surface area contributed by atoms with E-state index in [9.17, 15) is 13.5 Å².